The van der Waals surface area contributed by atoms with Crippen LogP contribution >= 0.6 is 0 Å². The van der Waals surface area contributed by atoms with E-state index in [1.165, 1.54) is 0 Å². The van der Waals surface area contributed by atoms with E-state index in [-0.39, 0.29) is 12.5 Å². The molecule has 2 rings (SSSR count). The largest absolute Gasteiger partial charge is 0.444 e. The van der Waals surface area contributed by atoms with Crippen LogP contribution < -0.4 is 16.0 Å². The molecule has 1 amide bonds. The third-order valence-corrected chi connectivity index (χ3v) is 3.26. The summed E-state index contributed by atoms with van der Waals surface area (Å²) in [7, 11) is 0. The molecule has 3 N–H and O–H groups in total. The van der Waals surface area contributed by atoms with Crippen molar-refractivity contribution < 1.29 is 9.21 Å². The Kier molecular flexibility index (Phi) is 6.36. The second-order valence-corrected chi connectivity index (χ2v) is 5.21. The second-order valence-electron chi connectivity index (χ2n) is 5.21. The van der Waals surface area contributed by atoms with Crippen molar-refractivity contribution in [1.82, 2.24) is 15.6 Å². The van der Waals surface area contributed by atoms with E-state index in [9.17, 15) is 4.79 Å². The first-order valence-corrected chi connectivity index (χ1v) is 7.88. The fraction of sp³-hybridized carbons (Fsp3) is 0.353. The van der Waals surface area contributed by atoms with Crippen molar-refractivity contribution in [2.24, 2.45) is 4.99 Å². The number of carbonyl (C=O) groups excluding carboxylic acids is 1. The number of hydrogen-bond donors (Lipinski definition) is 3. The highest BCUT2D eigenvalue weighted by molar-refractivity contribution is 5.94. The zero-order valence-corrected chi connectivity index (χ0v) is 14.2. The summed E-state index contributed by atoms with van der Waals surface area (Å²) in [6, 6.07) is 9.29. The summed E-state index contributed by atoms with van der Waals surface area (Å²) >= 11 is 0. The van der Waals surface area contributed by atoms with Gasteiger partial charge in [-0.1, -0.05) is 18.2 Å². The lowest BCUT2D eigenvalue weighted by molar-refractivity contribution is -0.114. The van der Waals surface area contributed by atoms with Crippen LogP contribution in [0.3, 0.4) is 0 Å². The number of hydrogen-bond acceptors (Lipinski definition) is 4. The van der Waals surface area contributed by atoms with E-state index < -0.39 is 0 Å². The lowest BCUT2D eigenvalue weighted by atomic mass is 10.3. The molecule has 0 saturated carbocycles. The highest BCUT2D eigenvalue weighted by atomic mass is 16.4. The quantitative estimate of drug-likeness (QED) is 0.557. The Morgan fingerprint density at radius 3 is 2.58 bits per heavy atom. The molecule has 0 atom stereocenters. The van der Waals surface area contributed by atoms with Crippen LogP contribution in [0.4, 0.5) is 5.69 Å². The van der Waals surface area contributed by atoms with E-state index in [4.69, 9.17) is 4.42 Å². The van der Waals surface area contributed by atoms with Crippen LogP contribution in [0.2, 0.25) is 0 Å². The van der Waals surface area contributed by atoms with E-state index in [2.05, 4.69) is 25.9 Å². The maximum absolute atomic E-state index is 11.9. The smallest absolute Gasteiger partial charge is 0.246 e. The Morgan fingerprint density at radius 2 is 1.96 bits per heavy atom. The molecule has 0 fully saturated rings. The predicted molar refractivity (Wildman–Crippen MR) is 93.9 cm³/mol. The van der Waals surface area contributed by atoms with Crippen LogP contribution in [0.1, 0.15) is 24.3 Å². The van der Waals surface area contributed by atoms with E-state index in [1.807, 2.05) is 51.1 Å². The minimum absolute atomic E-state index is 0.0217. The molecule has 1 aromatic heterocycles. The molecule has 7 heteroatoms. The summed E-state index contributed by atoms with van der Waals surface area (Å²) in [6.45, 7) is 6.85. The number of amides is 1. The number of aliphatic imine (C=N–C) groups is 1. The van der Waals surface area contributed by atoms with Gasteiger partial charge >= 0.3 is 0 Å². The maximum Gasteiger partial charge on any atom is 0.246 e. The summed E-state index contributed by atoms with van der Waals surface area (Å²) in [4.78, 5) is 20.5. The summed E-state index contributed by atoms with van der Waals surface area (Å²) in [5.74, 6) is 1.75. The van der Waals surface area contributed by atoms with Gasteiger partial charge in [0.2, 0.25) is 11.8 Å². The van der Waals surface area contributed by atoms with Gasteiger partial charge in [-0.25, -0.2) is 9.98 Å². The standard InChI is InChI=1S/C17H23N5O2/c1-4-18-17(20-11-16-21-12(2)13(3)24-16)19-10-15(23)22-14-8-6-5-7-9-14/h5-9H,4,10-11H2,1-3H3,(H,22,23)(H2,18,19,20). The molecule has 128 valence electrons. The van der Waals surface area contributed by atoms with Crippen LogP contribution in [0, 0.1) is 13.8 Å². The Balaban J connectivity index is 1.88. The van der Waals surface area contributed by atoms with Gasteiger partial charge < -0.3 is 20.4 Å². The fourth-order valence-corrected chi connectivity index (χ4v) is 1.99. The molecular weight excluding hydrogens is 306 g/mol. The van der Waals surface area contributed by atoms with Gasteiger partial charge in [0, 0.05) is 12.2 Å². The number of benzene rings is 1. The molecular formula is C17H23N5O2. The topological polar surface area (TPSA) is 91.5 Å². The molecule has 0 unspecified atom stereocenters. The molecule has 2 aromatic rings. The van der Waals surface area contributed by atoms with Gasteiger partial charge in [-0.2, -0.15) is 0 Å². The number of nitrogens with zero attached hydrogens (tertiary/aromatic N) is 2. The molecule has 0 radical (unpaired) electrons. The van der Waals surface area contributed by atoms with Gasteiger partial charge in [0.15, 0.2) is 5.96 Å². The molecule has 1 aromatic carbocycles. The summed E-state index contributed by atoms with van der Waals surface area (Å²) in [5, 5.41) is 8.97. The molecule has 0 aliphatic heterocycles. The third kappa shape index (κ3) is 5.42. The molecule has 0 aliphatic rings. The molecule has 0 aliphatic carbocycles. The average molecular weight is 329 g/mol. The summed E-state index contributed by atoms with van der Waals surface area (Å²) < 4.78 is 5.51. The Morgan fingerprint density at radius 1 is 1.21 bits per heavy atom. The van der Waals surface area contributed by atoms with E-state index in [1.54, 1.807) is 0 Å². The number of para-hydroxylation sites is 1. The Labute approximate surface area is 141 Å². The third-order valence-electron chi connectivity index (χ3n) is 3.26. The second kappa shape index (κ2) is 8.71. The van der Waals surface area contributed by atoms with E-state index >= 15 is 0 Å². The van der Waals surface area contributed by atoms with E-state index in [0.29, 0.717) is 24.9 Å². The molecule has 0 spiro atoms. The number of aryl methyl sites for hydroxylation is 2. The molecule has 1 heterocycles. The summed E-state index contributed by atoms with van der Waals surface area (Å²) in [5.41, 5.74) is 1.62. The monoisotopic (exact) mass is 329 g/mol. The lowest BCUT2D eigenvalue weighted by Gasteiger charge is -2.09. The number of carbonyl (C=O) groups is 1. The number of oxazole rings is 1. The highest BCUT2D eigenvalue weighted by Gasteiger charge is 2.07. The van der Waals surface area contributed by atoms with Crippen molar-refractivity contribution in [1.29, 1.82) is 0 Å². The normalized spacial score (nSPS) is 11.2. The minimum Gasteiger partial charge on any atom is -0.444 e. The Hall–Kier alpha value is -2.83. The van der Waals surface area contributed by atoms with Crippen molar-refractivity contribution in [3.63, 3.8) is 0 Å². The van der Waals surface area contributed by atoms with Crippen molar-refractivity contribution in [2.45, 2.75) is 27.3 Å². The fourth-order valence-electron chi connectivity index (χ4n) is 1.99. The lowest BCUT2D eigenvalue weighted by Crippen LogP contribution is -2.37. The SMILES string of the molecule is CCNC(=NCC(=O)Nc1ccccc1)NCc1nc(C)c(C)o1. The van der Waals surface area contributed by atoms with Crippen molar-refractivity contribution in [3.05, 3.63) is 47.7 Å². The highest BCUT2D eigenvalue weighted by Crippen LogP contribution is 2.07. The van der Waals surface area contributed by atoms with Gasteiger partial charge in [0.05, 0.1) is 12.2 Å². The van der Waals surface area contributed by atoms with Gasteiger partial charge in [-0.3, -0.25) is 4.79 Å². The van der Waals surface area contributed by atoms with Crippen molar-refractivity contribution >= 4 is 17.6 Å². The van der Waals surface area contributed by atoms with Crippen LogP contribution in [-0.2, 0) is 11.3 Å². The van der Waals surface area contributed by atoms with Crippen LogP contribution in [-0.4, -0.2) is 29.9 Å². The van der Waals surface area contributed by atoms with Crippen molar-refractivity contribution in [3.8, 4) is 0 Å². The molecule has 0 saturated heterocycles. The van der Waals surface area contributed by atoms with Crippen LogP contribution in [0.15, 0.2) is 39.7 Å². The predicted octanol–water partition coefficient (Wildman–Crippen LogP) is 1.99. The minimum atomic E-state index is -0.179. The first-order chi connectivity index (χ1) is 11.6. The van der Waals surface area contributed by atoms with Crippen LogP contribution in [0.5, 0.6) is 0 Å². The van der Waals surface area contributed by atoms with Crippen LogP contribution in [0.25, 0.3) is 0 Å². The number of guanidine groups is 1. The zero-order valence-electron chi connectivity index (χ0n) is 14.2. The molecule has 7 nitrogen and oxygen atoms in total. The molecule has 0 bridgehead atoms. The van der Waals surface area contributed by atoms with Gasteiger partial charge in [0.1, 0.15) is 12.3 Å². The summed E-state index contributed by atoms with van der Waals surface area (Å²) in [6.07, 6.45) is 0. The first kappa shape index (κ1) is 17.5. The first-order valence-electron chi connectivity index (χ1n) is 7.88. The zero-order chi connectivity index (χ0) is 17.4. The number of anilines is 1. The van der Waals surface area contributed by atoms with Gasteiger partial charge in [0.25, 0.3) is 0 Å². The average Bonchev–Trinajstić information content (AvgIpc) is 2.89. The Bertz CT molecular complexity index is 675. The number of nitrogens with one attached hydrogen (secondary N) is 3. The number of aromatic nitrogens is 1. The van der Waals surface area contributed by atoms with E-state index in [0.717, 1.165) is 17.1 Å². The maximum atomic E-state index is 11.9. The van der Waals surface area contributed by atoms with Gasteiger partial charge in [-0.15, -0.1) is 0 Å². The van der Waals surface area contributed by atoms with Crippen molar-refractivity contribution in [2.75, 3.05) is 18.4 Å². The number of rotatable bonds is 6. The molecule has 24 heavy (non-hydrogen) atoms. The van der Waals surface area contributed by atoms with Gasteiger partial charge in [-0.05, 0) is 32.9 Å².